The van der Waals surface area contributed by atoms with E-state index in [0.29, 0.717) is 17.1 Å². The summed E-state index contributed by atoms with van der Waals surface area (Å²) in [6, 6.07) is 8.16. The van der Waals surface area contributed by atoms with Gasteiger partial charge in [-0.1, -0.05) is 19.9 Å². The van der Waals surface area contributed by atoms with Gasteiger partial charge in [0.25, 0.3) is 0 Å². The molecule has 0 atom stereocenters. The van der Waals surface area contributed by atoms with Crippen LogP contribution in [0.4, 0.5) is 11.5 Å². The summed E-state index contributed by atoms with van der Waals surface area (Å²) in [7, 11) is 1.32. The Kier molecular flexibility index (Phi) is 10.00. The highest BCUT2D eigenvalue weighted by Gasteiger charge is 2.09. The van der Waals surface area contributed by atoms with Crippen molar-refractivity contribution in [2.24, 2.45) is 0 Å². The summed E-state index contributed by atoms with van der Waals surface area (Å²) in [6.07, 6.45) is 2.24. The van der Waals surface area contributed by atoms with Gasteiger partial charge >= 0.3 is 5.97 Å². The summed E-state index contributed by atoms with van der Waals surface area (Å²) in [4.78, 5) is 24.1. The van der Waals surface area contributed by atoms with Crippen molar-refractivity contribution in [3.63, 3.8) is 0 Å². The SMILES string of the molecule is CC.CC=O.COC(=O)c1cccc(Oc2ccnc(N)c2N)c1. The number of methoxy groups -OCH3 is 1. The topological polar surface area (TPSA) is 118 Å². The highest BCUT2D eigenvalue weighted by atomic mass is 16.5. The molecule has 1 aromatic heterocycles. The van der Waals surface area contributed by atoms with Crippen molar-refractivity contribution in [2.45, 2.75) is 20.8 Å². The Morgan fingerprint density at radius 2 is 1.83 bits per heavy atom. The molecule has 0 unspecified atom stereocenters. The first kappa shape index (κ1) is 20.9. The Balaban J connectivity index is 0.000000952. The monoisotopic (exact) mass is 333 g/mol. The highest BCUT2D eigenvalue weighted by Crippen LogP contribution is 2.30. The molecule has 7 heteroatoms. The third-order valence-electron chi connectivity index (χ3n) is 2.46. The molecule has 0 aliphatic carbocycles. The van der Waals surface area contributed by atoms with Gasteiger partial charge in [0.1, 0.15) is 23.5 Å². The van der Waals surface area contributed by atoms with E-state index in [2.05, 4.69) is 9.72 Å². The first-order valence-electron chi connectivity index (χ1n) is 7.29. The van der Waals surface area contributed by atoms with Gasteiger partial charge in [-0.15, -0.1) is 0 Å². The molecule has 2 rings (SSSR count). The fourth-order valence-electron chi connectivity index (χ4n) is 1.49. The minimum absolute atomic E-state index is 0.196. The molecule has 1 aromatic carbocycles. The van der Waals surface area contributed by atoms with E-state index >= 15 is 0 Å². The van der Waals surface area contributed by atoms with Crippen LogP contribution in [0.1, 0.15) is 31.1 Å². The Morgan fingerprint density at radius 3 is 2.42 bits per heavy atom. The molecule has 0 saturated heterocycles. The number of aldehydes is 1. The fourth-order valence-corrected chi connectivity index (χ4v) is 1.49. The lowest BCUT2D eigenvalue weighted by molar-refractivity contribution is -0.106. The van der Waals surface area contributed by atoms with Crippen LogP contribution in [0.3, 0.4) is 0 Å². The van der Waals surface area contributed by atoms with Crippen LogP contribution in [0, 0.1) is 0 Å². The zero-order valence-corrected chi connectivity index (χ0v) is 14.3. The van der Waals surface area contributed by atoms with Gasteiger partial charge in [0, 0.05) is 12.3 Å². The van der Waals surface area contributed by atoms with Crippen LogP contribution in [0.25, 0.3) is 0 Å². The van der Waals surface area contributed by atoms with Gasteiger partial charge in [-0.25, -0.2) is 9.78 Å². The number of hydrogen-bond acceptors (Lipinski definition) is 7. The number of benzene rings is 1. The molecule has 0 radical (unpaired) electrons. The van der Waals surface area contributed by atoms with Gasteiger partial charge < -0.3 is 25.7 Å². The van der Waals surface area contributed by atoms with E-state index < -0.39 is 5.97 Å². The first-order chi connectivity index (χ1) is 11.5. The van der Waals surface area contributed by atoms with Crippen molar-refractivity contribution < 1.29 is 19.1 Å². The molecule has 0 spiro atoms. The van der Waals surface area contributed by atoms with Crippen molar-refractivity contribution in [3.05, 3.63) is 42.1 Å². The minimum atomic E-state index is -0.437. The number of ether oxygens (including phenoxy) is 2. The molecule has 4 N–H and O–H groups in total. The minimum Gasteiger partial charge on any atom is -0.465 e. The second-order valence-corrected chi connectivity index (χ2v) is 3.97. The average molecular weight is 333 g/mol. The molecule has 2 aromatic rings. The van der Waals surface area contributed by atoms with Crippen LogP contribution in [0.2, 0.25) is 0 Å². The van der Waals surface area contributed by atoms with Crippen LogP contribution in [0.5, 0.6) is 11.5 Å². The highest BCUT2D eigenvalue weighted by molar-refractivity contribution is 5.89. The zero-order chi connectivity index (χ0) is 18.5. The van der Waals surface area contributed by atoms with Gasteiger partial charge in [0.15, 0.2) is 5.75 Å². The standard InChI is InChI=1S/C13H13N3O3.C2H4O.C2H6/c1-18-13(17)8-3-2-4-9(7-8)19-10-5-6-16-12(15)11(10)14;1-2-3;1-2/h2-7H,14H2,1H3,(H2,15,16);2H,1H3;1-2H3. The van der Waals surface area contributed by atoms with E-state index in [1.807, 2.05) is 13.8 Å². The smallest absolute Gasteiger partial charge is 0.337 e. The van der Waals surface area contributed by atoms with E-state index in [1.54, 1.807) is 30.3 Å². The van der Waals surface area contributed by atoms with E-state index in [0.717, 1.165) is 6.29 Å². The lowest BCUT2D eigenvalue weighted by Gasteiger charge is -2.10. The predicted octanol–water partition coefficient (Wildman–Crippen LogP) is 3.06. The number of nitrogens with zero attached hydrogens (tertiary/aromatic N) is 1. The van der Waals surface area contributed by atoms with Crippen LogP contribution in [-0.2, 0) is 9.53 Å². The van der Waals surface area contributed by atoms with E-state index in [4.69, 9.17) is 21.0 Å². The van der Waals surface area contributed by atoms with Crippen LogP contribution in [-0.4, -0.2) is 24.3 Å². The Bertz CT molecular complexity index is 660. The average Bonchev–Trinajstić information content (AvgIpc) is 2.61. The Hall–Kier alpha value is -3.09. The third kappa shape index (κ3) is 6.35. The molecule has 7 nitrogen and oxygen atoms in total. The van der Waals surface area contributed by atoms with Crippen LogP contribution in [0.15, 0.2) is 36.5 Å². The van der Waals surface area contributed by atoms with Gasteiger partial charge in [-0.05, 0) is 25.1 Å². The number of pyridine rings is 1. The predicted molar refractivity (Wildman–Crippen MR) is 94.0 cm³/mol. The van der Waals surface area contributed by atoms with Gasteiger partial charge in [0.2, 0.25) is 0 Å². The number of rotatable bonds is 3. The molecule has 1 heterocycles. The van der Waals surface area contributed by atoms with Crippen molar-refractivity contribution >= 4 is 23.8 Å². The molecule has 0 amide bonds. The maximum atomic E-state index is 11.4. The maximum Gasteiger partial charge on any atom is 0.337 e. The van der Waals surface area contributed by atoms with Gasteiger partial charge in [-0.2, -0.15) is 0 Å². The summed E-state index contributed by atoms with van der Waals surface area (Å²) in [6.45, 7) is 5.44. The third-order valence-corrected chi connectivity index (χ3v) is 2.46. The van der Waals surface area contributed by atoms with Crippen molar-refractivity contribution in [1.82, 2.24) is 4.98 Å². The lowest BCUT2D eigenvalue weighted by Crippen LogP contribution is -2.02. The van der Waals surface area contributed by atoms with Crippen molar-refractivity contribution in [1.29, 1.82) is 0 Å². The van der Waals surface area contributed by atoms with E-state index in [-0.39, 0.29) is 11.5 Å². The molecule has 130 valence electrons. The normalized spacial score (nSPS) is 8.67. The number of hydrogen-bond donors (Lipinski definition) is 2. The Labute approximate surface area is 141 Å². The van der Waals surface area contributed by atoms with Crippen LogP contribution >= 0.6 is 0 Å². The van der Waals surface area contributed by atoms with Crippen LogP contribution < -0.4 is 16.2 Å². The summed E-state index contributed by atoms with van der Waals surface area (Å²) >= 11 is 0. The van der Waals surface area contributed by atoms with Crippen molar-refractivity contribution in [3.8, 4) is 11.5 Å². The number of anilines is 2. The number of carbonyl (C=O) groups is 2. The molecule has 0 aliphatic heterocycles. The van der Waals surface area contributed by atoms with E-state index in [1.165, 1.54) is 20.2 Å². The molecule has 0 fully saturated rings. The second-order valence-electron chi connectivity index (χ2n) is 3.97. The molecule has 0 saturated carbocycles. The number of nitrogen functional groups attached to an aromatic ring is 2. The number of esters is 1. The van der Waals surface area contributed by atoms with E-state index in [9.17, 15) is 4.79 Å². The van der Waals surface area contributed by atoms with Crippen molar-refractivity contribution in [2.75, 3.05) is 18.6 Å². The summed E-state index contributed by atoms with van der Waals surface area (Å²) in [5.74, 6) is 0.601. The lowest BCUT2D eigenvalue weighted by atomic mass is 10.2. The fraction of sp³-hybridized carbons (Fsp3) is 0.235. The number of aromatic nitrogens is 1. The quantitative estimate of drug-likeness (QED) is 0.654. The maximum absolute atomic E-state index is 11.4. The molecule has 0 aliphatic rings. The largest absolute Gasteiger partial charge is 0.465 e. The Morgan fingerprint density at radius 1 is 1.21 bits per heavy atom. The molecule has 24 heavy (non-hydrogen) atoms. The van der Waals surface area contributed by atoms with Gasteiger partial charge in [0.05, 0.1) is 12.7 Å². The first-order valence-corrected chi connectivity index (χ1v) is 7.29. The summed E-state index contributed by atoms with van der Waals surface area (Å²) in [5.41, 5.74) is 12.0. The molecular weight excluding hydrogens is 310 g/mol. The summed E-state index contributed by atoms with van der Waals surface area (Å²) in [5, 5.41) is 0. The second kappa shape index (κ2) is 11.5. The molecule has 0 bridgehead atoms. The van der Waals surface area contributed by atoms with Gasteiger partial charge in [-0.3, -0.25) is 0 Å². The number of nitrogens with two attached hydrogens (primary N) is 2. The zero-order valence-electron chi connectivity index (χ0n) is 14.3. The molecular formula is C17H23N3O4. The summed E-state index contributed by atoms with van der Waals surface area (Å²) < 4.78 is 10.2. The number of carbonyl (C=O) groups excluding carboxylic acids is 2.